The zero-order chi connectivity index (χ0) is 12.3. The molecule has 0 saturated carbocycles. The van der Waals surface area contributed by atoms with E-state index in [-0.39, 0.29) is 12.3 Å². The normalized spacial score (nSPS) is 16.7. The summed E-state index contributed by atoms with van der Waals surface area (Å²) in [6.07, 6.45) is -3.65. The topological polar surface area (TPSA) is 24.8 Å². The van der Waals surface area contributed by atoms with Crippen LogP contribution in [0.25, 0.3) is 0 Å². The van der Waals surface area contributed by atoms with Crippen LogP contribution in [0.2, 0.25) is 0 Å². The van der Waals surface area contributed by atoms with Crippen LogP contribution in [0, 0.1) is 0 Å². The number of hydrogen-bond acceptors (Lipinski definition) is 3. The maximum atomic E-state index is 12.3. The van der Waals surface area contributed by atoms with Gasteiger partial charge in [0.15, 0.2) is 0 Å². The first-order valence-electron chi connectivity index (χ1n) is 4.35. The molecule has 3 nitrogen and oxygen atoms in total. The monoisotopic (exact) mass is 238 g/mol. The van der Waals surface area contributed by atoms with Crippen LogP contribution in [0.1, 0.15) is 6.42 Å². The summed E-state index contributed by atoms with van der Waals surface area (Å²) in [6, 6.07) is 0. The maximum absolute atomic E-state index is 12.3. The number of allylic oxidation sites excluding steroid dienone is 1. The van der Waals surface area contributed by atoms with Crippen LogP contribution in [0.5, 0.6) is 0 Å². The highest BCUT2D eigenvalue weighted by Gasteiger charge is 2.37. The third-order valence-corrected chi connectivity index (χ3v) is 1.76. The second-order valence-corrected chi connectivity index (χ2v) is 3.12. The van der Waals surface area contributed by atoms with Crippen molar-refractivity contribution in [3.8, 4) is 0 Å². The van der Waals surface area contributed by atoms with Crippen molar-refractivity contribution in [3.05, 3.63) is 24.4 Å². The van der Waals surface area contributed by atoms with Crippen LogP contribution in [0.15, 0.2) is 29.5 Å². The molecule has 1 aliphatic heterocycles. The van der Waals surface area contributed by atoms with Crippen molar-refractivity contribution in [3.63, 3.8) is 0 Å². The van der Waals surface area contributed by atoms with E-state index in [1.807, 2.05) is 0 Å². The minimum atomic E-state index is -4.46. The summed E-state index contributed by atoms with van der Waals surface area (Å²) in [6.45, 7) is 2.57. The van der Waals surface area contributed by atoms with Crippen molar-refractivity contribution in [2.45, 2.75) is 12.6 Å². The Morgan fingerprint density at radius 2 is 2.25 bits per heavy atom. The van der Waals surface area contributed by atoms with Gasteiger partial charge in [-0.05, 0) is 6.08 Å². The van der Waals surface area contributed by atoms with E-state index >= 15 is 0 Å². The zero-order valence-corrected chi connectivity index (χ0v) is 8.51. The van der Waals surface area contributed by atoms with Gasteiger partial charge in [-0.2, -0.15) is 18.3 Å². The molecule has 0 atom stereocenters. The Kier molecular flexibility index (Phi) is 3.56. The third-order valence-electron chi connectivity index (χ3n) is 1.76. The minimum Gasteiger partial charge on any atom is -0.471 e. The van der Waals surface area contributed by atoms with E-state index in [0.29, 0.717) is 0 Å². The Hall–Kier alpha value is -1.53. The maximum Gasteiger partial charge on any atom is 0.431 e. The number of rotatable bonds is 3. The molecule has 0 aromatic heterocycles. The van der Waals surface area contributed by atoms with Crippen molar-refractivity contribution in [1.82, 2.24) is 5.01 Å². The molecule has 1 aliphatic rings. The SMILES string of the molecule is C=C(F)COC1=CCC(C(F)(F)F)=NN1C. The molecule has 0 amide bonds. The van der Waals surface area contributed by atoms with Gasteiger partial charge in [-0.3, -0.25) is 0 Å². The molecule has 7 heteroatoms. The standard InChI is InChI=1S/C9H10F4N2O/c1-6(10)5-16-8-4-3-7(9(11,12)13)14-15(8)2/h4H,1,3,5H2,2H3. The van der Waals surface area contributed by atoms with E-state index in [1.165, 1.54) is 13.1 Å². The van der Waals surface area contributed by atoms with E-state index < -0.39 is 24.3 Å². The fourth-order valence-electron chi connectivity index (χ4n) is 1.06. The lowest BCUT2D eigenvalue weighted by Crippen LogP contribution is -2.30. The third kappa shape index (κ3) is 3.25. The molecule has 0 saturated heterocycles. The predicted molar refractivity (Wildman–Crippen MR) is 50.2 cm³/mol. The van der Waals surface area contributed by atoms with E-state index in [2.05, 4.69) is 11.7 Å². The minimum absolute atomic E-state index is 0.0757. The van der Waals surface area contributed by atoms with Gasteiger partial charge in [0.05, 0.1) is 0 Å². The quantitative estimate of drug-likeness (QED) is 0.706. The summed E-state index contributed by atoms with van der Waals surface area (Å²) in [5, 5.41) is 4.20. The highest BCUT2D eigenvalue weighted by Crippen LogP contribution is 2.24. The van der Waals surface area contributed by atoms with Gasteiger partial charge in [-0.15, -0.1) is 0 Å². The second kappa shape index (κ2) is 4.54. The molecule has 0 aromatic rings. The molecule has 0 radical (unpaired) electrons. The van der Waals surface area contributed by atoms with Crippen molar-refractivity contribution < 1.29 is 22.3 Å². The number of ether oxygens (including phenoxy) is 1. The highest BCUT2D eigenvalue weighted by atomic mass is 19.4. The first kappa shape index (κ1) is 12.5. The average molecular weight is 238 g/mol. The fraction of sp³-hybridized carbons (Fsp3) is 0.444. The summed E-state index contributed by atoms with van der Waals surface area (Å²) in [5.74, 6) is -0.633. The van der Waals surface area contributed by atoms with Gasteiger partial charge >= 0.3 is 6.18 Å². The summed E-state index contributed by atoms with van der Waals surface area (Å²) in [5.41, 5.74) is -0.915. The van der Waals surface area contributed by atoms with Crippen LogP contribution in [0.3, 0.4) is 0 Å². The number of nitrogens with zero attached hydrogens (tertiary/aromatic N) is 2. The molecule has 0 N–H and O–H groups in total. The summed E-state index contributed by atoms with van der Waals surface area (Å²) in [7, 11) is 1.29. The first-order valence-corrected chi connectivity index (χ1v) is 4.35. The van der Waals surface area contributed by atoms with Crippen LogP contribution in [-0.4, -0.2) is 30.6 Å². The molecule has 90 valence electrons. The van der Waals surface area contributed by atoms with Gasteiger partial charge in [0, 0.05) is 13.5 Å². The van der Waals surface area contributed by atoms with Crippen LogP contribution in [-0.2, 0) is 4.74 Å². The van der Waals surface area contributed by atoms with E-state index in [9.17, 15) is 17.6 Å². The summed E-state index contributed by atoms with van der Waals surface area (Å²) >= 11 is 0. The van der Waals surface area contributed by atoms with Gasteiger partial charge in [-0.25, -0.2) is 9.40 Å². The molecule has 0 unspecified atom stereocenters. The van der Waals surface area contributed by atoms with Crippen molar-refractivity contribution in [2.24, 2.45) is 5.10 Å². The Bertz CT molecular complexity index is 346. The van der Waals surface area contributed by atoms with Gasteiger partial charge in [-0.1, -0.05) is 6.58 Å². The van der Waals surface area contributed by atoms with Crippen molar-refractivity contribution >= 4 is 5.71 Å². The molecular weight excluding hydrogens is 228 g/mol. The lowest BCUT2D eigenvalue weighted by atomic mass is 10.2. The van der Waals surface area contributed by atoms with Gasteiger partial charge in [0.25, 0.3) is 0 Å². The molecule has 0 fully saturated rings. The number of hydrogen-bond donors (Lipinski definition) is 0. The van der Waals surface area contributed by atoms with E-state index in [4.69, 9.17) is 4.74 Å². The fourth-order valence-corrected chi connectivity index (χ4v) is 1.06. The summed E-state index contributed by atoms with van der Waals surface area (Å²) < 4.78 is 53.9. The van der Waals surface area contributed by atoms with Gasteiger partial charge in [0.1, 0.15) is 18.1 Å². The zero-order valence-electron chi connectivity index (χ0n) is 8.51. The predicted octanol–water partition coefficient (Wildman–Crippen LogP) is 2.58. The molecule has 0 aromatic carbocycles. The Morgan fingerprint density at radius 3 is 2.69 bits per heavy atom. The molecule has 0 aliphatic carbocycles. The van der Waals surface area contributed by atoms with Crippen LogP contribution >= 0.6 is 0 Å². The Morgan fingerprint density at radius 1 is 1.62 bits per heavy atom. The lowest BCUT2D eigenvalue weighted by Gasteiger charge is -2.23. The molecule has 1 rings (SSSR count). The Labute approximate surface area is 89.7 Å². The van der Waals surface area contributed by atoms with Crippen LogP contribution < -0.4 is 0 Å². The van der Waals surface area contributed by atoms with E-state index in [1.54, 1.807) is 0 Å². The molecule has 16 heavy (non-hydrogen) atoms. The average Bonchev–Trinajstić information content (AvgIpc) is 2.14. The van der Waals surface area contributed by atoms with E-state index in [0.717, 1.165) is 5.01 Å². The first-order chi connectivity index (χ1) is 7.30. The summed E-state index contributed by atoms with van der Waals surface area (Å²) in [4.78, 5) is 0. The molecular formula is C9H10F4N2O. The van der Waals surface area contributed by atoms with Crippen molar-refractivity contribution in [1.29, 1.82) is 0 Å². The second-order valence-electron chi connectivity index (χ2n) is 3.12. The largest absolute Gasteiger partial charge is 0.471 e. The Balaban J connectivity index is 2.63. The van der Waals surface area contributed by atoms with Crippen molar-refractivity contribution in [2.75, 3.05) is 13.7 Å². The number of hydrazone groups is 1. The number of halogens is 4. The van der Waals surface area contributed by atoms with Gasteiger partial charge < -0.3 is 4.74 Å². The molecule has 1 heterocycles. The highest BCUT2D eigenvalue weighted by molar-refractivity contribution is 5.91. The smallest absolute Gasteiger partial charge is 0.431 e. The molecule has 0 bridgehead atoms. The lowest BCUT2D eigenvalue weighted by molar-refractivity contribution is -0.0621. The van der Waals surface area contributed by atoms with Gasteiger partial charge in [0.2, 0.25) is 5.88 Å². The van der Waals surface area contributed by atoms with Crippen LogP contribution in [0.4, 0.5) is 17.6 Å². The number of alkyl halides is 3. The molecule has 0 spiro atoms.